The van der Waals surface area contributed by atoms with Gasteiger partial charge in [-0.15, -0.1) is 0 Å². The van der Waals surface area contributed by atoms with Crippen molar-refractivity contribution < 1.29 is 0 Å². The van der Waals surface area contributed by atoms with Gasteiger partial charge in [0.05, 0.1) is 29.5 Å². The summed E-state index contributed by atoms with van der Waals surface area (Å²) in [6.07, 6.45) is 5.84. The molecule has 0 fully saturated rings. The molecule has 4 aromatic heterocycles. The van der Waals surface area contributed by atoms with Gasteiger partial charge in [0.1, 0.15) is 0 Å². The summed E-state index contributed by atoms with van der Waals surface area (Å²) in [4.78, 5) is 8.95. The number of rotatable bonds is 1. The van der Waals surface area contributed by atoms with Crippen molar-refractivity contribution in [3.8, 4) is 0 Å². The molecule has 106 valence electrons. The van der Waals surface area contributed by atoms with Crippen molar-refractivity contribution in [3.63, 3.8) is 0 Å². The van der Waals surface area contributed by atoms with Crippen LogP contribution in [0.3, 0.4) is 0 Å². The van der Waals surface area contributed by atoms with Gasteiger partial charge in [0.2, 0.25) is 0 Å². The predicted molar refractivity (Wildman–Crippen MR) is 80.3 cm³/mol. The number of imidazole rings is 2. The Hall–Kier alpha value is -2.63. The average Bonchev–Trinajstić information content (AvgIpc) is 3.13. The molecule has 0 aliphatic heterocycles. The highest BCUT2D eigenvalue weighted by Crippen LogP contribution is 2.16. The molecule has 0 saturated carbocycles. The van der Waals surface area contributed by atoms with E-state index in [0.29, 0.717) is 0 Å². The van der Waals surface area contributed by atoms with E-state index in [0.717, 1.165) is 44.9 Å². The van der Waals surface area contributed by atoms with Gasteiger partial charge in [-0.05, 0) is 33.8 Å². The molecule has 0 amide bonds. The van der Waals surface area contributed by atoms with Crippen molar-refractivity contribution in [2.45, 2.75) is 27.7 Å². The number of aromatic amines is 1. The number of aromatic nitrogens is 6. The molecule has 0 bridgehead atoms. The number of fused-ring (bicyclic) bond motifs is 2. The number of nitrogens with one attached hydrogen (secondary N) is 1. The second-order valence-corrected chi connectivity index (χ2v) is 5.49. The molecule has 21 heavy (non-hydrogen) atoms. The Morgan fingerprint density at radius 1 is 1.00 bits per heavy atom. The molecule has 6 nitrogen and oxygen atoms in total. The van der Waals surface area contributed by atoms with Crippen LogP contribution in [0.15, 0.2) is 12.4 Å². The molecule has 0 saturated heterocycles. The van der Waals surface area contributed by atoms with E-state index in [1.54, 1.807) is 0 Å². The quantitative estimate of drug-likeness (QED) is 0.574. The van der Waals surface area contributed by atoms with Crippen LogP contribution in [-0.2, 0) is 0 Å². The zero-order valence-corrected chi connectivity index (χ0v) is 12.5. The fourth-order valence-electron chi connectivity index (χ4n) is 2.76. The zero-order valence-electron chi connectivity index (χ0n) is 12.5. The van der Waals surface area contributed by atoms with Crippen LogP contribution in [-0.4, -0.2) is 29.2 Å². The molecule has 0 radical (unpaired) electrons. The first-order valence-electron chi connectivity index (χ1n) is 6.91. The summed E-state index contributed by atoms with van der Waals surface area (Å²) in [5.74, 6) is 0. The number of nitrogens with zero attached hydrogens (tertiary/aromatic N) is 5. The number of aryl methyl sites for hydroxylation is 4. The fraction of sp³-hybridized carbons (Fsp3) is 0.267. The van der Waals surface area contributed by atoms with Crippen molar-refractivity contribution in [2.24, 2.45) is 0 Å². The molecule has 1 N–H and O–H groups in total. The average molecular weight is 280 g/mol. The Morgan fingerprint density at radius 2 is 1.71 bits per heavy atom. The van der Waals surface area contributed by atoms with Gasteiger partial charge in [-0.25, -0.2) is 19.0 Å². The normalized spacial score (nSPS) is 13.0. The van der Waals surface area contributed by atoms with Gasteiger partial charge in [-0.3, -0.25) is 5.10 Å². The summed E-state index contributed by atoms with van der Waals surface area (Å²) >= 11 is 0. The predicted octanol–water partition coefficient (Wildman–Crippen LogP) is 1.49. The van der Waals surface area contributed by atoms with Crippen LogP contribution in [0.4, 0.5) is 0 Å². The van der Waals surface area contributed by atoms with Crippen molar-refractivity contribution in [2.75, 3.05) is 0 Å². The minimum absolute atomic E-state index is 0.895. The first kappa shape index (κ1) is 12.1. The van der Waals surface area contributed by atoms with Crippen LogP contribution < -0.4 is 5.22 Å². The van der Waals surface area contributed by atoms with Crippen LogP contribution in [0.5, 0.6) is 0 Å². The Morgan fingerprint density at radius 3 is 2.52 bits per heavy atom. The molecule has 4 aromatic rings. The summed E-state index contributed by atoms with van der Waals surface area (Å²) in [5.41, 5.74) is 7.11. The van der Waals surface area contributed by atoms with Gasteiger partial charge >= 0.3 is 0 Å². The Labute approximate surface area is 121 Å². The fourth-order valence-corrected chi connectivity index (χ4v) is 2.76. The second-order valence-electron chi connectivity index (χ2n) is 5.49. The summed E-state index contributed by atoms with van der Waals surface area (Å²) < 4.78 is 3.89. The van der Waals surface area contributed by atoms with E-state index in [1.165, 1.54) is 0 Å². The highest BCUT2D eigenvalue weighted by Gasteiger charge is 2.12. The van der Waals surface area contributed by atoms with Gasteiger partial charge < -0.3 is 0 Å². The Balaban J connectivity index is 2.08. The third kappa shape index (κ3) is 1.55. The highest BCUT2D eigenvalue weighted by molar-refractivity contribution is 5.70. The lowest BCUT2D eigenvalue weighted by molar-refractivity contribution is 0.907. The van der Waals surface area contributed by atoms with E-state index >= 15 is 0 Å². The molecule has 6 heteroatoms. The van der Waals surface area contributed by atoms with Gasteiger partial charge in [0.25, 0.3) is 0 Å². The minimum Gasteiger partial charge on any atom is -0.296 e. The molecule has 0 aliphatic rings. The molecule has 0 atom stereocenters. The van der Waals surface area contributed by atoms with E-state index in [9.17, 15) is 0 Å². The molecular formula is C15H16N6. The van der Waals surface area contributed by atoms with Gasteiger partial charge in [0, 0.05) is 16.5 Å². The number of H-pyrrole nitrogens is 1. The SMILES string of the molecule is Cc1[nH]n2c(C)cnc2c1C=c1c(C)nn2c(C)cnc12. The number of hydrogen-bond acceptors (Lipinski definition) is 3. The lowest BCUT2D eigenvalue weighted by Crippen LogP contribution is -2.03. The van der Waals surface area contributed by atoms with Crippen LogP contribution in [0, 0.1) is 27.7 Å². The van der Waals surface area contributed by atoms with Crippen LogP contribution in [0.1, 0.15) is 28.3 Å². The van der Waals surface area contributed by atoms with Gasteiger partial charge in [0.15, 0.2) is 11.3 Å². The summed E-state index contributed by atoms with van der Waals surface area (Å²) in [6.45, 7) is 8.11. The maximum absolute atomic E-state index is 4.55. The van der Waals surface area contributed by atoms with Crippen molar-refractivity contribution in [3.05, 3.63) is 46.0 Å². The van der Waals surface area contributed by atoms with Crippen molar-refractivity contribution in [1.29, 1.82) is 0 Å². The summed E-state index contributed by atoms with van der Waals surface area (Å²) in [7, 11) is 0. The van der Waals surface area contributed by atoms with Gasteiger partial charge in [-0.2, -0.15) is 5.10 Å². The first-order valence-corrected chi connectivity index (χ1v) is 6.91. The monoisotopic (exact) mass is 280 g/mol. The maximum atomic E-state index is 4.55. The van der Waals surface area contributed by atoms with Crippen molar-refractivity contribution >= 4 is 17.4 Å². The molecule has 0 unspecified atom stereocenters. The van der Waals surface area contributed by atoms with Crippen LogP contribution >= 0.6 is 0 Å². The molecule has 0 aliphatic carbocycles. The molecule has 0 aromatic carbocycles. The third-order valence-corrected chi connectivity index (χ3v) is 3.94. The van der Waals surface area contributed by atoms with E-state index < -0.39 is 0 Å². The lowest BCUT2D eigenvalue weighted by Gasteiger charge is -1.89. The smallest absolute Gasteiger partial charge is 0.162 e. The van der Waals surface area contributed by atoms with Gasteiger partial charge in [-0.1, -0.05) is 0 Å². The molecule has 0 spiro atoms. The highest BCUT2D eigenvalue weighted by atomic mass is 15.3. The topological polar surface area (TPSA) is 63.3 Å². The number of hydrogen-bond donors (Lipinski definition) is 1. The maximum Gasteiger partial charge on any atom is 0.162 e. The Bertz CT molecular complexity index is 1030. The van der Waals surface area contributed by atoms with E-state index in [2.05, 4.69) is 33.2 Å². The van der Waals surface area contributed by atoms with E-state index in [-0.39, 0.29) is 0 Å². The minimum atomic E-state index is 0.895. The standard InChI is InChI=1S/C15H16N6/c1-8-6-16-14-12(10(3)18-20(8)14)5-13-11(4)19-21-9(2)7-17-15(13)21/h5-7,18H,1-4H3. The van der Waals surface area contributed by atoms with E-state index in [4.69, 9.17) is 0 Å². The van der Waals surface area contributed by atoms with Crippen LogP contribution in [0.2, 0.25) is 0 Å². The van der Waals surface area contributed by atoms with Crippen molar-refractivity contribution in [1.82, 2.24) is 29.2 Å². The third-order valence-electron chi connectivity index (χ3n) is 3.94. The summed E-state index contributed by atoms with van der Waals surface area (Å²) in [5, 5.41) is 8.94. The summed E-state index contributed by atoms with van der Waals surface area (Å²) in [6, 6.07) is 0. The lowest BCUT2D eigenvalue weighted by atomic mass is 10.2. The van der Waals surface area contributed by atoms with Crippen LogP contribution in [0.25, 0.3) is 17.4 Å². The zero-order chi connectivity index (χ0) is 14.7. The first-order chi connectivity index (χ1) is 10.1. The molecule has 4 heterocycles. The second kappa shape index (κ2) is 3.94. The van der Waals surface area contributed by atoms with E-state index in [1.807, 2.05) is 42.2 Å². The Kier molecular flexibility index (Phi) is 2.28. The molecular weight excluding hydrogens is 264 g/mol. The molecule has 4 rings (SSSR count). The largest absolute Gasteiger partial charge is 0.296 e.